The molecule has 1 aromatic carbocycles. The number of amides is 1. The van der Waals surface area contributed by atoms with Crippen LogP contribution in [0.15, 0.2) is 41.8 Å². The maximum absolute atomic E-state index is 11.7. The molecular weight excluding hydrogens is 292 g/mol. The molecule has 114 valence electrons. The van der Waals surface area contributed by atoms with E-state index in [1.807, 2.05) is 11.4 Å². The van der Waals surface area contributed by atoms with Crippen LogP contribution in [0.4, 0.5) is 0 Å². The fourth-order valence-corrected chi connectivity index (χ4v) is 3.02. The molecule has 2 N–H and O–H groups in total. The molecule has 0 saturated heterocycles. The summed E-state index contributed by atoms with van der Waals surface area (Å²) in [7, 11) is 0. The van der Waals surface area contributed by atoms with Crippen LogP contribution in [-0.2, 0) is 11.2 Å². The Hall–Kier alpha value is -2.09. The highest BCUT2D eigenvalue weighted by Gasteiger charge is 2.15. The van der Waals surface area contributed by atoms with Crippen LogP contribution in [0.3, 0.4) is 0 Å². The Bertz CT molecular complexity index is 626. The quantitative estimate of drug-likeness (QED) is 0.772. The van der Waals surface area contributed by atoms with Crippen LogP contribution in [0, 0.1) is 12.3 Å². The molecule has 3 nitrogen and oxygen atoms in total. The lowest BCUT2D eigenvalue weighted by molar-refractivity contribution is -0.120. The molecule has 1 aromatic heterocycles. The summed E-state index contributed by atoms with van der Waals surface area (Å²) in [6.45, 7) is 2.63. The maximum atomic E-state index is 11.7. The second kappa shape index (κ2) is 8.38. The van der Waals surface area contributed by atoms with Crippen molar-refractivity contribution in [3.8, 4) is 12.3 Å². The van der Waals surface area contributed by atoms with Crippen molar-refractivity contribution in [1.82, 2.24) is 10.6 Å². The molecule has 0 fully saturated rings. The molecule has 1 amide bonds. The van der Waals surface area contributed by atoms with Gasteiger partial charge in [0.2, 0.25) is 5.91 Å². The van der Waals surface area contributed by atoms with Gasteiger partial charge in [-0.1, -0.05) is 43.2 Å². The topological polar surface area (TPSA) is 41.1 Å². The van der Waals surface area contributed by atoms with Crippen LogP contribution in [0.25, 0.3) is 0 Å². The van der Waals surface area contributed by atoms with Gasteiger partial charge in [0.05, 0.1) is 19.1 Å². The second-order valence-electron chi connectivity index (χ2n) is 4.91. The highest BCUT2D eigenvalue weighted by atomic mass is 32.1. The Kier molecular flexibility index (Phi) is 6.20. The molecule has 2 rings (SSSR count). The molecule has 0 radical (unpaired) electrons. The molecular formula is C18H20N2OS. The third-order valence-electron chi connectivity index (χ3n) is 3.40. The number of thiophene rings is 1. The van der Waals surface area contributed by atoms with Crippen molar-refractivity contribution in [3.05, 3.63) is 57.8 Å². The Morgan fingerprint density at radius 3 is 2.68 bits per heavy atom. The van der Waals surface area contributed by atoms with Crippen molar-refractivity contribution in [1.29, 1.82) is 0 Å². The number of nitrogens with one attached hydrogen (secondary N) is 2. The molecule has 0 aliphatic rings. The summed E-state index contributed by atoms with van der Waals surface area (Å²) < 4.78 is 0. The molecule has 1 heterocycles. The summed E-state index contributed by atoms with van der Waals surface area (Å²) in [4.78, 5) is 12.9. The van der Waals surface area contributed by atoms with Crippen LogP contribution < -0.4 is 10.6 Å². The lowest BCUT2D eigenvalue weighted by atomic mass is 10.0. The van der Waals surface area contributed by atoms with E-state index in [0.717, 1.165) is 12.0 Å². The highest BCUT2D eigenvalue weighted by Crippen LogP contribution is 2.26. The van der Waals surface area contributed by atoms with E-state index in [9.17, 15) is 4.79 Å². The first-order valence-electron chi connectivity index (χ1n) is 7.30. The third kappa shape index (κ3) is 4.45. The number of benzene rings is 1. The monoisotopic (exact) mass is 312 g/mol. The van der Waals surface area contributed by atoms with E-state index in [1.54, 1.807) is 11.3 Å². The zero-order valence-electron chi connectivity index (χ0n) is 12.6. The summed E-state index contributed by atoms with van der Waals surface area (Å²) in [5.74, 6) is 2.31. The Morgan fingerprint density at radius 1 is 1.32 bits per heavy atom. The van der Waals surface area contributed by atoms with Crippen molar-refractivity contribution < 1.29 is 4.79 Å². The molecule has 2 aromatic rings. The maximum Gasteiger partial charge on any atom is 0.234 e. The molecule has 0 spiro atoms. The summed E-state index contributed by atoms with van der Waals surface area (Å²) in [6.07, 6.45) is 6.16. The number of carbonyl (C=O) groups excluding carboxylic acids is 1. The molecule has 0 aliphatic carbocycles. The summed E-state index contributed by atoms with van der Waals surface area (Å²) in [5, 5.41) is 8.03. The van der Waals surface area contributed by atoms with Crippen LogP contribution >= 0.6 is 11.3 Å². The number of hydrogen-bond acceptors (Lipinski definition) is 3. The average molecular weight is 312 g/mol. The van der Waals surface area contributed by atoms with Gasteiger partial charge in [0, 0.05) is 4.88 Å². The van der Waals surface area contributed by atoms with E-state index < -0.39 is 0 Å². The smallest absolute Gasteiger partial charge is 0.234 e. The minimum Gasteiger partial charge on any atom is -0.344 e. The first-order valence-corrected chi connectivity index (χ1v) is 8.18. The molecule has 4 heteroatoms. The minimum atomic E-state index is -0.0929. The summed E-state index contributed by atoms with van der Waals surface area (Å²) in [6, 6.07) is 12.6. The molecule has 0 aliphatic heterocycles. The van der Waals surface area contributed by atoms with E-state index in [1.165, 1.54) is 10.4 Å². The van der Waals surface area contributed by atoms with Gasteiger partial charge >= 0.3 is 0 Å². The molecule has 0 bridgehead atoms. The Morgan fingerprint density at radius 2 is 2.09 bits per heavy atom. The van der Waals surface area contributed by atoms with E-state index in [0.29, 0.717) is 0 Å². The average Bonchev–Trinajstić information content (AvgIpc) is 3.08. The van der Waals surface area contributed by atoms with Gasteiger partial charge in [0.25, 0.3) is 0 Å². The molecule has 1 atom stereocenters. The number of aryl methyl sites for hydroxylation is 1. The Labute approximate surface area is 135 Å². The summed E-state index contributed by atoms with van der Waals surface area (Å²) >= 11 is 1.68. The first-order chi connectivity index (χ1) is 10.7. The van der Waals surface area contributed by atoms with Gasteiger partial charge in [0.15, 0.2) is 0 Å². The van der Waals surface area contributed by atoms with Crippen molar-refractivity contribution >= 4 is 17.2 Å². The molecule has 0 unspecified atom stereocenters. The zero-order chi connectivity index (χ0) is 15.8. The Balaban J connectivity index is 2.10. The van der Waals surface area contributed by atoms with Crippen molar-refractivity contribution in [2.45, 2.75) is 19.4 Å². The zero-order valence-corrected chi connectivity index (χ0v) is 13.5. The predicted octanol–water partition coefficient (Wildman–Crippen LogP) is 2.74. The number of carbonyl (C=O) groups is 1. The van der Waals surface area contributed by atoms with E-state index in [-0.39, 0.29) is 25.0 Å². The standard InChI is InChI=1S/C18H20N2OS/c1-3-11-19-17(21)13-20-18(16-6-5-12-22-16)15-9-7-14(4-2)8-10-15/h1,5-10,12,18,20H,4,11,13H2,2H3,(H,19,21)/t18-/m1/s1. The minimum absolute atomic E-state index is 0.0162. The SMILES string of the molecule is C#CCNC(=O)CN[C@H](c1ccc(CC)cc1)c1cccs1. The summed E-state index contributed by atoms with van der Waals surface area (Å²) in [5.41, 5.74) is 2.46. The predicted molar refractivity (Wildman–Crippen MR) is 91.8 cm³/mol. The fourth-order valence-electron chi connectivity index (χ4n) is 2.19. The lowest BCUT2D eigenvalue weighted by Gasteiger charge is -2.18. The van der Waals surface area contributed by atoms with Gasteiger partial charge in [-0.25, -0.2) is 0 Å². The van der Waals surface area contributed by atoms with E-state index in [4.69, 9.17) is 6.42 Å². The highest BCUT2D eigenvalue weighted by molar-refractivity contribution is 7.10. The van der Waals surface area contributed by atoms with Gasteiger partial charge in [-0.15, -0.1) is 17.8 Å². The normalized spacial score (nSPS) is 11.6. The number of terminal acetylenes is 1. The van der Waals surface area contributed by atoms with Crippen LogP contribution in [0.5, 0.6) is 0 Å². The second-order valence-corrected chi connectivity index (χ2v) is 5.88. The molecule has 0 saturated carbocycles. The first kappa shape index (κ1) is 16.3. The lowest BCUT2D eigenvalue weighted by Crippen LogP contribution is -2.36. The molecule has 22 heavy (non-hydrogen) atoms. The van der Waals surface area contributed by atoms with E-state index in [2.05, 4.69) is 53.8 Å². The van der Waals surface area contributed by atoms with Gasteiger partial charge in [-0.05, 0) is 29.0 Å². The van der Waals surface area contributed by atoms with Gasteiger partial charge in [0.1, 0.15) is 0 Å². The van der Waals surface area contributed by atoms with Gasteiger partial charge < -0.3 is 5.32 Å². The number of hydrogen-bond donors (Lipinski definition) is 2. The van der Waals surface area contributed by atoms with Gasteiger partial charge in [-0.3, -0.25) is 10.1 Å². The van der Waals surface area contributed by atoms with Crippen LogP contribution in [0.1, 0.15) is 29.0 Å². The van der Waals surface area contributed by atoms with Crippen LogP contribution in [-0.4, -0.2) is 19.0 Å². The van der Waals surface area contributed by atoms with Crippen molar-refractivity contribution in [2.24, 2.45) is 0 Å². The van der Waals surface area contributed by atoms with Crippen LogP contribution in [0.2, 0.25) is 0 Å². The van der Waals surface area contributed by atoms with Crippen molar-refractivity contribution in [3.63, 3.8) is 0 Å². The number of rotatable bonds is 7. The third-order valence-corrected chi connectivity index (χ3v) is 4.34. The van der Waals surface area contributed by atoms with E-state index >= 15 is 0 Å². The largest absolute Gasteiger partial charge is 0.344 e. The fraction of sp³-hybridized carbons (Fsp3) is 0.278. The van der Waals surface area contributed by atoms with Gasteiger partial charge in [-0.2, -0.15) is 0 Å². The van der Waals surface area contributed by atoms with Crippen molar-refractivity contribution in [2.75, 3.05) is 13.1 Å².